The molecule has 2 fully saturated rings. The Hall–Kier alpha value is -3.18. The van der Waals surface area contributed by atoms with Crippen molar-refractivity contribution in [2.45, 2.75) is 45.9 Å². The summed E-state index contributed by atoms with van der Waals surface area (Å²) in [6.07, 6.45) is 3.21. The van der Waals surface area contributed by atoms with E-state index in [1.165, 1.54) is 11.1 Å². The van der Waals surface area contributed by atoms with Gasteiger partial charge < -0.3 is 10.1 Å². The second kappa shape index (κ2) is 9.98. The Morgan fingerprint density at radius 2 is 1.79 bits per heavy atom. The predicted molar refractivity (Wildman–Crippen MR) is 133 cm³/mol. The van der Waals surface area contributed by atoms with Crippen LogP contribution in [0.15, 0.2) is 72.8 Å². The molecular weight excluding hydrogens is 422 g/mol. The number of nitrogens with one attached hydrogen (secondary N) is 1. The average Bonchev–Trinajstić information content (AvgIpc) is 3.57. The molecule has 1 saturated carbocycles. The molecule has 0 radical (unpaired) electrons. The summed E-state index contributed by atoms with van der Waals surface area (Å²) in [7, 11) is 0. The largest absolute Gasteiger partial charge is 0.489 e. The van der Waals surface area contributed by atoms with Gasteiger partial charge >= 0.3 is 0 Å². The first kappa shape index (κ1) is 22.6. The first-order valence-corrected chi connectivity index (χ1v) is 12.3. The number of hydrogen-bond donors (Lipinski definition) is 1. The second-order valence-electron chi connectivity index (χ2n) is 9.81. The quantitative estimate of drug-likeness (QED) is 0.526. The molecule has 1 amide bonds. The summed E-state index contributed by atoms with van der Waals surface area (Å²) in [5.74, 6) is 1.27. The number of aryl methyl sites for hydroxylation is 1. The number of pyridine rings is 1. The molecule has 2 aliphatic rings. The molecule has 1 aliphatic heterocycles. The van der Waals surface area contributed by atoms with E-state index in [-0.39, 0.29) is 17.2 Å². The van der Waals surface area contributed by atoms with Gasteiger partial charge in [0.25, 0.3) is 0 Å². The lowest BCUT2D eigenvalue weighted by Crippen LogP contribution is -2.36. The van der Waals surface area contributed by atoms with E-state index in [4.69, 9.17) is 4.74 Å². The summed E-state index contributed by atoms with van der Waals surface area (Å²) in [6.45, 7) is 6.08. The molecule has 176 valence electrons. The van der Waals surface area contributed by atoms with Crippen molar-refractivity contribution < 1.29 is 9.53 Å². The molecule has 1 N–H and O–H groups in total. The highest BCUT2D eigenvalue weighted by atomic mass is 16.5. The molecule has 5 nitrogen and oxygen atoms in total. The molecule has 1 aromatic heterocycles. The van der Waals surface area contributed by atoms with Gasteiger partial charge in [0.05, 0.1) is 12.2 Å². The number of carbonyl (C=O) groups is 1. The molecule has 2 heterocycles. The Labute approximate surface area is 202 Å². The van der Waals surface area contributed by atoms with Crippen molar-refractivity contribution >= 4 is 5.91 Å². The minimum Gasteiger partial charge on any atom is -0.489 e. The van der Waals surface area contributed by atoms with Crippen molar-refractivity contribution in [1.82, 2.24) is 15.2 Å². The molecule has 0 unspecified atom stereocenters. The van der Waals surface area contributed by atoms with Crippen molar-refractivity contribution in [3.05, 3.63) is 95.3 Å². The maximum absolute atomic E-state index is 12.7. The fourth-order valence-electron chi connectivity index (χ4n) is 5.16. The average molecular weight is 456 g/mol. The summed E-state index contributed by atoms with van der Waals surface area (Å²) >= 11 is 0. The predicted octanol–water partition coefficient (Wildman–Crippen LogP) is 4.89. The van der Waals surface area contributed by atoms with Crippen LogP contribution in [0.5, 0.6) is 5.75 Å². The van der Waals surface area contributed by atoms with Crippen molar-refractivity contribution in [2.75, 3.05) is 13.1 Å². The lowest BCUT2D eigenvalue weighted by Gasteiger charge is -2.32. The van der Waals surface area contributed by atoms with E-state index in [1.54, 1.807) is 0 Å². The number of rotatable bonds is 8. The Morgan fingerprint density at radius 1 is 1.03 bits per heavy atom. The van der Waals surface area contributed by atoms with Crippen LogP contribution in [-0.4, -0.2) is 28.9 Å². The number of amides is 1. The summed E-state index contributed by atoms with van der Waals surface area (Å²) < 4.78 is 6.00. The smallest absolute Gasteiger partial charge is 0.224 e. The first-order chi connectivity index (χ1) is 16.6. The van der Waals surface area contributed by atoms with E-state index < -0.39 is 0 Å². The topological polar surface area (TPSA) is 54.5 Å². The second-order valence-corrected chi connectivity index (χ2v) is 9.81. The standard InChI is InChI=1S/C29H33N3O2/c1-22-7-5-11-25(31-22)19-30-28(33)27-18-29(27)13-15-32(16-14-29)20-24-10-6-12-26(17-24)34-21-23-8-3-2-4-9-23/h2-12,17,27H,13-16,18-21H2,1H3,(H,30,33)/t27-/m1/s1. The van der Waals surface area contributed by atoms with E-state index in [0.29, 0.717) is 13.2 Å². The summed E-state index contributed by atoms with van der Waals surface area (Å²) in [5.41, 5.74) is 4.56. The minimum absolute atomic E-state index is 0.161. The number of benzene rings is 2. The number of hydrogen-bond acceptors (Lipinski definition) is 4. The zero-order chi connectivity index (χ0) is 23.4. The summed E-state index contributed by atoms with van der Waals surface area (Å²) in [4.78, 5) is 19.7. The number of carbonyl (C=O) groups excluding carboxylic acids is 1. The van der Waals surface area contributed by atoms with Crippen LogP contribution in [0.1, 0.15) is 41.8 Å². The van der Waals surface area contributed by atoms with E-state index in [9.17, 15) is 4.79 Å². The Morgan fingerprint density at radius 3 is 2.59 bits per heavy atom. The van der Waals surface area contributed by atoms with E-state index in [0.717, 1.165) is 56.0 Å². The molecule has 1 atom stereocenters. The van der Waals surface area contributed by atoms with Crippen LogP contribution in [0.25, 0.3) is 0 Å². The highest BCUT2D eigenvalue weighted by molar-refractivity contribution is 5.82. The normalized spacial score (nSPS) is 19.0. The third kappa shape index (κ3) is 5.48. The van der Waals surface area contributed by atoms with E-state index in [1.807, 2.05) is 49.4 Å². The van der Waals surface area contributed by atoms with Gasteiger partial charge in [-0.05, 0) is 80.1 Å². The number of aromatic nitrogens is 1. The zero-order valence-corrected chi connectivity index (χ0v) is 19.9. The van der Waals surface area contributed by atoms with Gasteiger partial charge in [0.15, 0.2) is 0 Å². The molecule has 0 bridgehead atoms. The van der Waals surface area contributed by atoms with Gasteiger partial charge in [-0.25, -0.2) is 0 Å². The lowest BCUT2D eigenvalue weighted by molar-refractivity contribution is -0.123. The van der Waals surface area contributed by atoms with Crippen molar-refractivity contribution in [2.24, 2.45) is 11.3 Å². The van der Waals surface area contributed by atoms with Gasteiger partial charge in [0.2, 0.25) is 5.91 Å². The van der Waals surface area contributed by atoms with E-state index >= 15 is 0 Å². The maximum atomic E-state index is 12.7. The van der Waals surface area contributed by atoms with Gasteiger partial charge in [-0.2, -0.15) is 0 Å². The molecule has 1 aliphatic carbocycles. The van der Waals surface area contributed by atoms with Crippen molar-refractivity contribution in [1.29, 1.82) is 0 Å². The molecular formula is C29H33N3O2. The summed E-state index contributed by atoms with van der Waals surface area (Å²) in [5, 5.41) is 3.11. The fourth-order valence-corrected chi connectivity index (χ4v) is 5.16. The third-order valence-corrected chi connectivity index (χ3v) is 7.30. The van der Waals surface area contributed by atoms with Crippen LogP contribution in [-0.2, 0) is 24.5 Å². The lowest BCUT2D eigenvalue weighted by atomic mass is 9.90. The zero-order valence-electron chi connectivity index (χ0n) is 19.9. The highest BCUT2D eigenvalue weighted by Crippen LogP contribution is 2.59. The third-order valence-electron chi connectivity index (χ3n) is 7.30. The van der Waals surface area contributed by atoms with Gasteiger partial charge in [0.1, 0.15) is 12.4 Å². The van der Waals surface area contributed by atoms with Gasteiger partial charge in [-0.1, -0.05) is 48.5 Å². The highest BCUT2D eigenvalue weighted by Gasteiger charge is 2.58. The molecule has 5 rings (SSSR count). The summed E-state index contributed by atoms with van der Waals surface area (Å²) in [6, 6.07) is 24.6. The van der Waals surface area contributed by atoms with Gasteiger partial charge in [-0.15, -0.1) is 0 Å². The Kier molecular flexibility index (Phi) is 6.63. The van der Waals surface area contributed by atoms with Crippen LogP contribution >= 0.6 is 0 Å². The molecule has 2 aromatic carbocycles. The number of nitrogens with zero attached hydrogens (tertiary/aromatic N) is 2. The van der Waals surface area contributed by atoms with Crippen LogP contribution < -0.4 is 10.1 Å². The van der Waals surface area contributed by atoms with Crippen LogP contribution in [0.2, 0.25) is 0 Å². The molecule has 5 heteroatoms. The first-order valence-electron chi connectivity index (χ1n) is 12.3. The van der Waals surface area contributed by atoms with E-state index in [2.05, 4.69) is 45.5 Å². The monoisotopic (exact) mass is 455 g/mol. The number of ether oxygens (including phenoxy) is 1. The van der Waals surface area contributed by atoms with Gasteiger partial charge in [0, 0.05) is 18.2 Å². The minimum atomic E-state index is 0.161. The molecule has 34 heavy (non-hydrogen) atoms. The van der Waals surface area contributed by atoms with Gasteiger partial charge in [-0.3, -0.25) is 14.7 Å². The van der Waals surface area contributed by atoms with Crippen LogP contribution in [0.3, 0.4) is 0 Å². The SMILES string of the molecule is Cc1cccc(CNC(=O)[C@H]2CC23CCN(Cc2cccc(OCc4ccccc4)c2)CC3)n1. The molecule has 1 spiro atoms. The number of likely N-dealkylation sites (tertiary alicyclic amines) is 1. The fraction of sp³-hybridized carbons (Fsp3) is 0.379. The Balaban J connectivity index is 1.08. The van der Waals surface area contributed by atoms with Crippen LogP contribution in [0, 0.1) is 18.3 Å². The van der Waals surface area contributed by atoms with Crippen molar-refractivity contribution in [3.63, 3.8) is 0 Å². The molecule has 1 saturated heterocycles. The number of piperidine rings is 1. The van der Waals surface area contributed by atoms with Crippen molar-refractivity contribution in [3.8, 4) is 5.75 Å². The van der Waals surface area contributed by atoms with Crippen LogP contribution in [0.4, 0.5) is 0 Å². The maximum Gasteiger partial charge on any atom is 0.224 e. The Bertz CT molecular complexity index is 1120. The molecule has 3 aromatic rings.